The molecule has 6 amide bonds. The molecular formula is C108H131N7O10. The van der Waals surface area contributed by atoms with Gasteiger partial charge in [-0.2, -0.15) is 0 Å². The van der Waals surface area contributed by atoms with Crippen molar-refractivity contribution in [2.45, 2.75) is 176 Å². The predicted molar refractivity (Wildman–Crippen MR) is 519 cm³/mol. The number of carbonyl (C=O) groups is 6. The molecule has 0 bridgehead atoms. The molecule has 0 radical (unpaired) electrons. The third-order valence-corrected chi connectivity index (χ3v) is 18.3. The number of anilines is 7. The number of para-hydroxylation sites is 7. The number of ether oxygens (including phenoxy) is 4. The zero-order valence-corrected chi connectivity index (χ0v) is 76.8. The van der Waals surface area contributed by atoms with E-state index < -0.39 is 0 Å². The number of fused-ring (bicyclic) bond motifs is 4. The van der Waals surface area contributed by atoms with Crippen LogP contribution in [0, 0.1) is 0 Å². The van der Waals surface area contributed by atoms with Crippen molar-refractivity contribution in [2.75, 3.05) is 61.2 Å². The first kappa shape index (κ1) is 102. The lowest BCUT2D eigenvalue weighted by molar-refractivity contribution is -0.121. The molecular weight excluding hydrogens is 1560 g/mol. The summed E-state index contributed by atoms with van der Waals surface area (Å²) < 4.78 is 23.9. The van der Waals surface area contributed by atoms with Crippen LogP contribution in [0.4, 0.5) is 39.8 Å². The van der Waals surface area contributed by atoms with Gasteiger partial charge in [0.15, 0.2) is 26.9 Å². The minimum absolute atomic E-state index is 0.281. The first-order valence-electron chi connectivity index (χ1n) is 44.3. The van der Waals surface area contributed by atoms with Crippen molar-refractivity contribution in [1.82, 2.24) is 0 Å². The van der Waals surface area contributed by atoms with E-state index in [4.69, 9.17) is 18.9 Å². The average molecular weight is 1690 g/mol. The molecule has 7 aliphatic heterocycles. The smallest absolute Gasteiger partial charge is 0.258 e. The summed E-state index contributed by atoms with van der Waals surface area (Å²) >= 11 is 0. The summed E-state index contributed by atoms with van der Waals surface area (Å²) in [5.74, 6) is 2.28. The third kappa shape index (κ3) is 30.8. The number of benzene rings is 11. The quantitative estimate of drug-likeness (QED) is 0.112. The van der Waals surface area contributed by atoms with Crippen LogP contribution in [0.5, 0.6) is 23.0 Å². The highest BCUT2D eigenvalue weighted by Gasteiger charge is 2.28. The molecule has 0 spiro atoms. The Labute approximate surface area is 745 Å². The normalized spacial score (nSPS) is 13.2. The van der Waals surface area contributed by atoms with Gasteiger partial charge in [-0.05, 0) is 156 Å². The van der Waals surface area contributed by atoms with E-state index in [1.165, 1.54) is 117 Å². The highest BCUT2D eigenvalue weighted by Crippen LogP contribution is 2.35. The van der Waals surface area contributed by atoms with Gasteiger partial charge in [-0.1, -0.05) is 301 Å². The summed E-state index contributed by atoms with van der Waals surface area (Å²) in [5, 5.41) is 0. The Bertz CT molecular complexity index is 4630. The van der Waals surface area contributed by atoms with Crippen LogP contribution in [0.1, 0.15) is 182 Å². The van der Waals surface area contributed by atoms with Crippen LogP contribution in [-0.4, -0.2) is 62.4 Å². The number of carbonyl (C=O) groups excluding carboxylic acids is 6. The van der Waals surface area contributed by atoms with Gasteiger partial charge in [0.25, 0.3) is 35.4 Å². The summed E-state index contributed by atoms with van der Waals surface area (Å²) in [6, 6.07) is 94.8. The van der Waals surface area contributed by atoms with Gasteiger partial charge in [-0.15, -0.1) is 0 Å². The number of nitrogens with zero attached hydrogens (tertiary/aromatic N) is 7. The van der Waals surface area contributed by atoms with Crippen LogP contribution < -0.4 is 53.2 Å². The van der Waals surface area contributed by atoms with E-state index in [-0.39, 0.29) is 35.4 Å². The molecule has 0 unspecified atom stereocenters. The van der Waals surface area contributed by atoms with Crippen molar-refractivity contribution >= 4 is 75.3 Å². The summed E-state index contributed by atoms with van der Waals surface area (Å²) in [4.78, 5) is 79.7. The van der Waals surface area contributed by atoms with E-state index in [0.29, 0.717) is 44.0 Å². The maximum absolute atomic E-state index is 11.2. The van der Waals surface area contributed by atoms with Gasteiger partial charge < -0.3 is 38.5 Å². The van der Waals surface area contributed by atoms with Crippen LogP contribution in [0.2, 0.25) is 0 Å². The van der Waals surface area contributed by atoms with Gasteiger partial charge in [0.2, 0.25) is 0 Å². The Morgan fingerprint density at radius 2 is 0.408 bits per heavy atom. The molecule has 0 saturated carbocycles. The minimum atomic E-state index is -0.281. The Morgan fingerprint density at radius 1 is 0.216 bits per heavy atom. The zero-order chi connectivity index (χ0) is 91.3. The van der Waals surface area contributed by atoms with E-state index in [1.54, 1.807) is 72.8 Å². The molecule has 18 rings (SSSR count). The van der Waals surface area contributed by atoms with Gasteiger partial charge in [0.05, 0.1) is 17.1 Å². The molecule has 11 aromatic rings. The molecule has 0 saturated heterocycles. The number of hydrogen-bond acceptors (Lipinski definition) is 14. The second-order valence-electron chi connectivity index (χ2n) is 26.8. The van der Waals surface area contributed by atoms with Crippen molar-refractivity contribution in [2.24, 2.45) is 0 Å². The molecule has 17 heteroatoms. The minimum Gasteiger partial charge on any atom is -0.473 e. The van der Waals surface area contributed by atoms with Crippen molar-refractivity contribution in [1.29, 1.82) is 0 Å². The predicted octanol–water partition coefficient (Wildman–Crippen LogP) is 25.3. The second kappa shape index (κ2) is 57.7. The van der Waals surface area contributed by atoms with Crippen LogP contribution in [0.3, 0.4) is 0 Å². The lowest BCUT2D eigenvalue weighted by Gasteiger charge is -2.31. The lowest BCUT2D eigenvalue weighted by Crippen LogP contribution is -2.32. The molecule has 0 aliphatic carbocycles. The molecule has 11 aromatic carbocycles. The topological polar surface area (TPSA) is 162 Å². The maximum atomic E-state index is 11.2. The molecule has 7 heterocycles. The van der Waals surface area contributed by atoms with Gasteiger partial charge >= 0.3 is 0 Å². The van der Waals surface area contributed by atoms with Gasteiger partial charge in [0.1, 0.15) is 23.0 Å². The first-order chi connectivity index (χ1) is 61.3. The monoisotopic (exact) mass is 1690 g/mol. The van der Waals surface area contributed by atoms with Crippen molar-refractivity contribution < 1.29 is 47.7 Å². The largest absolute Gasteiger partial charge is 0.473 e. The molecule has 0 N–H and O–H groups in total. The van der Waals surface area contributed by atoms with Crippen LogP contribution >= 0.6 is 0 Å². The molecule has 0 atom stereocenters. The van der Waals surface area contributed by atoms with Gasteiger partial charge in [0, 0.05) is 108 Å². The van der Waals surface area contributed by atoms with Crippen molar-refractivity contribution in [3.8, 4) is 23.0 Å². The fraction of sp³-hybridized carbons (Fsp3) is 0.278. The van der Waals surface area contributed by atoms with E-state index in [1.807, 2.05) is 152 Å². The number of hydrogen-bond donors (Lipinski definition) is 0. The summed E-state index contributed by atoms with van der Waals surface area (Å²) in [5.41, 5.74) is 16.7. The third-order valence-electron chi connectivity index (χ3n) is 18.3. The number of amides is 6. The first-order valence-corrected chi connectivity index (χ1v) is 44.3. The molecule has 0 aromatic heterocycles. The summed E-state index contributed by atoms with van der Waals surface area (Å²) in [7, 11) is 0. The SMILES string of the molecule is CC.CC.CC.CC.CC.CC.CC.CCC.CCC.O=C1C=CC(=O)N1c1ccccc1.O=C1C=CC(=O)N1c1ccccc1.O=C1C=CC(=O)N1c1ccccc1.c1ccc(N2COc3ccc(Cc4ccc5c(c4)CN(c4ccccc4)CO5)cc3C2)cc1.c1ccc2c(c1)CN(c1ccc(Cc3ccc(N4COc5ccccc5C4)cc3)cc1)CO2. The Morgan fingerprint density at radius 3 is 0.664 bits per heavy atom. The van der Waals surface area contributed by atoms with Crippen LogP contribution in [-0.2, 0) is 67.8 Å². The maximum Gasteiger partial charge on any atom is 0.258 e. The molecule has 7 aliphatic rings. The lowest BCUT2D eigenvalue weighted by atomic mass is 9.99. The van der Waals surface area contributed by atoms with Gasteiger partial charge in [-0.25, -0.2) is 14.7 Å². The standard InChI is InChI=1S/2C29H26N2O2.3C10H7NO2.2C3H8.7C2H6/c1-3-7-28-24(5-1)18-30(20-32-28)26-13-9-22(10-14-26)17-23-11-15-27(16-12-23)31-19-25-6-2-4-8-29(25)33-21-31;1-3-7-26(8-4-1)30-18-24-16-22(11-13-28(24)32-20-30)15-23-12-14-29-25(17-23)19-31(21-33-29)27-9-5-2-6-10-27;3*12-9-6-7-10(13)11(9)8-4-2-1-3-5-8;2*1-3-2;7*1-2/h1-16H,17-21H2;1-14,16-17H,15,18-21H2;3*1-7H;2*3H2,1-2H3;7*1-2H3. The highest BCUT2D eigenvalue weighted by molar-refractivity contribution is 6.29. The molecule has 17 nitrogen and oxygen atoms in total. The van der Waals surface area contributed by atoms with Crippen molar-refractivity contribution in [3.05, 3.63) is 366 Å². The van der Waals surface area contributed by atoms with Crippen molar-refractivity contribution in [3.63, 3.8) is 0 Å². The number of rotatable bonds is 11. The Balaban J connectivity index is 0.000000278. The van der Waals surface area contributed by atoms with E-state index in [2.05, 4.69) is 205 Å². The van der Waals surface area contributed by atoms with Gasteiger partial charge in [-0.3, -0.25) is 28.8 Å². The van der Waals surface area contributed by atoms with E-state index in [0.717, 1.165) is 76.7 Å². The molecule has 658 valence electrons. The molecule has 125 heavy (non-hydrogen) atoms. The molecule has 0 fully saturated rings. The highest BCUT2D eigenvalue weighted by atomic mass is 16.5. The Hall–Kier alpha value is -13.5. The summed E-state index contributed by atoms with van der Waals surface area (Å²) in [6.07, 6.45) is 11.9. The Kier molecular flexibility index (Phi) is 47.1. The fourth-order valence-corrected chi connectivity index (χ4v) is 12.9. The fourth-order valence-electron chi connectivity index (χ4n) is 12.9. The average Bonchev–Trinajstić information content (AvgIpc) is 1.58. The summed E-state index contributed by atoms with van der Waals surface area (Å²) in [6.45, 7) is 42.3. The van der Waals surface area contributed by atoms with Crippen LogP contribution in [0.15, 0.2) is 322 Å². The van der Waals surface area contributed by atoms with E-state index >= 15 is 0 Å². The van der Waals surface area contributed by atoms with Crippen LogP contribution in [0.25, 0.3) is 0 Å². The number of imide groups is 3. The van der Waals surface area contributed by atoms with E-state index in [9.17, 15) is 28.8 Å². The zero-order valence-electron chi connectivity index (χ0n) is 76.8. The second-order valence-corrected chi connectivity index (χ2v) is 26.8.